The number of carboxylic acid groups (broad SMARTS) is 1. The molecule has 0 amide bonds. The van der Waals surface area contributed by atoms with E-state index in [-0.39, 0.29) is 23.7 Å². The number of aromatic amines is 1. The van der Waals surface area contributed by atoms with Gasteiger partial charge in [0.15, 0.2) is 17.5 Å². The van der Waals surface area contributed by atoms with Crippen LogP contribution in [-0.4, -0.2) is 37.1 Å². The Labute approximate surface area is 170 Å². The molecule has 0 aromatic carbocycles. The molecule has 3 fully saturated rings. The minimum absolute atomic E-state index is 0.0307. The van der Waals surface area contributed by atoms with Crippen LogP contribution in [0.5, 0.6) is 0 Å². The van der Waals surface area contributed by atoms with Gasteiger partial charge in [0.1, 0.15) is 5.65 Å². The highest BCUT2D eigenvalue weighted by Gasteiger charge is 2.47. The van der Waals surface area contributed by atoms with E-state index in [1.165, 1.54) is 6.20 Å². The number of carboxylic acids is 1. The van der Waals surface area contributed by atoms with Gasteiger partial charge >= 0.3 is 5.97 Å². The molecular formula is C20H19ClFN5O2. The molecule has 7 nitrogen and oxygen atoms in total. The van der Waals surface area contributed by atoms with Crippen molar-refractivity contribution >= 4 is 34.4 Å². The van der Waals surface area contributed by atoms with Crippen molar-refractivity contribution in [3.8, 4) is 11.4 Å². The van der Waals surface area contributed by atoms with Crippen LogP contribution in [0.4, 0.5) is 10.2 Å². The molecule has 150 valence electrons. The summed E-state index contributed by atoms with van der Waals surface area (Å²) in [5.74, 6) is -1.29. The summed E-state index contributed by atoms with van der Waals surface area (Å²) >= 11 is 6.06. The molecule has 3 aliphatic rings. The Morgan fingerprint density at radius 2 is 1.97 bits per heavy atom. The molecule has 0 spiro atoms. The molecule has 3 aromatic rings. The third-order valence-corrected chi connectivity index (χ3v) is 6.50. The fourth-order valence-corrected chi connectivity index (χ4v) is 5.09. The number of anilines is 1. The van der Waals surface area contributed by atoms with Gasteiger partial charge in [-0.25, -0.2) is 19.3 Å². The number of carbonyl (C=O) groups is 1. The first-order valence-corrected chi connectivity index (χ1v) is 10.0. The van der Waals surface area contributed by atoms with E-state index in [0.717, 1.165) is 37.3 Å². The maximum atomic E-state index is 14.5. The molecular weight excluding hydrogens is 397 g/mol. The minimum Gasteiger partial charge on any atom is -0.481 e. The zero-order chi connectivity index (χ0) is 20.1. The van der Waals surface area contributed by atoms with E-state index in [1.807, 2.05) is 0 Å². The van der Waals surface area contributed by atoms with E-state index >= 15 is 0 Å². The number of hydrogen-bond acceptors (Lipinski definition) is 5. The van der Waals surface area contributed by atoms with Crippen molar-refractivity contribution in [1.29, 1.82) is 0 Å². The van der Waals surface area contributed by atoms with Crippen LogP contribution in [0.15, 0.2) is 24.7 Å². The van der Waals surface area contributed by atoms with E-state index in [4.69, 9.17) is 11.6 Å². The Kier molecular flexibility index (Phi) is 4.38. The van der Waals surface area contributed by atoms with Crippen molar-refractivity contribution in [3.63, 3.8) is 0 Å². The highest BCUT2D eigenvalue weighted by atomic mass is 35.5. The second kappa shape index (κ2) is 6.95. The van der Waals surface area contributed by atoms with Crippen molar-refractivity contribution in [3.05, 3.63) is 35.5 Å². The van der Waals surface area contributed by atoms with Gasteiger partial charge in [-0.2, -0.15) is 0 Å². The highest BCUT2D eigenvalue weighted by molar-refractivity contribution is 6.31. The molecule has 3 heterocycles. The predicted molar refractivity (Wildman–Crippen MR) is 106 cm³/mol. The summed E-state index contributed by atoms with van der Waals surface area (Å²) in [6.45, 7) is 0. The average Bonchev–Trinajstić information content (AvgIpc) is 3.13. The Morgan fingerprint density at radius 1 is 1.21 bits per heavy atom. The van der Waals surface area contributed by atoms with E-state index in [9.17, 15) is 14.3 Å². The molecule has 3 N–H and O–H groups in total. The fourth-order valence-electron chi connectivity index (χ4n) is 4.93. The molecule has 3 aliphatic carbocycles. The Hall–Kier alpha value is -2.74. The van der Waals surface area contributed by atoms with Crippen molar-refractivity contribution in [2.24, 2.45) is 17.8 Å². The third-order valence-electron chi connectivity index (χ3n) is 6.29. The quantitative estimate of drug-likeness (QED) is 0.592. The monoisotopic (exact) mass is 415 g/mol. The Balaban J connectivity index is 1.51. The molecule has 6 rings (SSSR count). The van der Waals surface area contributed by atoms with Gasteiger partial charge < -0.3 is 15.4 Å². The lowest BCUT2D eigenvalue weighted by Gasteiger charge is -2.47. The van der Waals surface area contributed by atoms with Gasteiger partial charge in [0, 0.05) is 29.4 Å². The van der Waals surface area contributed by atoms with Gasteiger partial charge in [0.25, 0.3) is 0 Å². The number of rotatable bonds is 4. The molecule has 0 radical (unpaired) electrons. The lowest BCUT2D eigenvalue weighted by molar-refractivity contribution is -0.148. The van der Waals surface area contributed by atoms with Crippen LogP contribution < -0.4 is 5.32 Å². The average molecular weight is 416 g/mol. The summed E-state index contributed by atoms with van der Waals surface area (Å²) in [4.78, 5) is 27.6. The first-order chi connectivity index (χ1) is 14.0. The lowest BCUT2D eigenvalue weighted by atomic mass is 9.61. The van der Waals surface area contributed by atoms with Crippen LogP contribution in [0.25, 0.3) is 22.4 Å². The first kappa shape index (κ1) is 18.3. The van der Waals surface area contributed by atoms with Crippen molar-refractivity contribution in [1.82, 2.24) is 19.9 Å². The molecule has 0 saturated heterocycles. The third kappa shape index (κ3) is 3.11. The summed E-state index contributed by atoms with van der Waals surface area (Å²) in [6, 6.07) is 1.41. The predicted octanol–water partition coefficient (Wildman–Crippen LogP) is 4.11. The molecule has 9 heteroatoms. The number of fused-ring (bicyclic) bond motifs is 4. The Morgan fingerprint density at radius 3 is 2.72 bits per heavy atom. The first-order valence-electron chi connectivity index (χ1n) is 9.66. The summed E-state index contributed by atoms with van der Waals surface area (Å²) in [7, 11) is 0. The molecule has 3 aromatic heterocycles. The van der Waals surface area contributed by atoms with Crippen molar-refractivity contribution in [2.45, 2.75) is 31.7 Å². The maximum Gasteiger partial charge on any atom is 0.308 e. The number of aromatic nitrogens is 4. The Bertz CT molecular complexity index is 1100. The second-order valence-electron chi connectivity index (χ2n) is 7.85. The molecule has 0 aliphatic heterocycles. The van der Waals surface area contributed by atoms with Crippen molar-refractivity contribution < 1.29 is 14.3 Å². The lowest BCUT2D eigenvalue weighted by Crippen LogP contribution is -2.51. The van der Waals surface area contributed by atoms with E-state index < -0.39 is 17.7 Å². The van der Waals surface area contributed by atoms with Crippen LogP contribution >= 0.6 is 11.6 Å². The van der Waals surface area contributed by atoms with Gasteiger partial charge in [0.2, 0.25) is 0 Å². The summed E-state index contributed by atoms with van der Waals surface area (Å²) in [6.07, 6.45) is 8.09. The minimum atomic E-state index is -0.830. The largest absolute Gasteiger partial charge is 0.481 e. The SMILES string of the molecule is O=C(O)C1C2CCC(CC2)[C@@H]1Nc1nc(-c2c[nH]c3ncc(Cl)cc23)ncc1F. The number of hydrogen-bond donors (Lipinski definition) is 3. The summed E-state index contributed by atoms with van der Waals surface area (Å²) in [5.41, 5.74) is 1.28. The zero-order valence-corrected chi connectivity index (χ0v) is 16.2. The molecule has 2 atom stereocenters. The molecule has 2 bridgehead atoms. The number of H-pyrrole nitrogens is 1. The van der Waals surface area contributed by atoms with Crippen molar-refractivity contribution in [2.75, 3.05) is 5.32 Å². The van der Waals surface area contributed by atoms with Crippen LogP contribution in [-0.2, 0) is 4.79 Å². The highest BCUT2D eigenvalue weighted by Crippen LogP contribution is 2.46. The maximum absolute atomic E-state index is 14.5. The standard InChI is InChI=1S/C20H19ClFN5O2/c21-11-5-12-13(7-24-17(12)23-6-11)18-25-8-14(22)19(27-18)26-16-10-3-1-9(2-4-10)15(16)20(28)29/h5-10,15-16H,1-4H2,(H,23,24)(H,28,29)(H,25,26,27)/t9?,10?,15?,16-/m0/s1. The number of halogens is 2. The van der Waals surface area contributed by atoms with Gasteiger partial charge in [-0.05, 0) is 43.6 Å². The van der Waals surface area contributed by atoms with Gasteiger partial charge in [-0.15, -0.1) is 0 Å². The van der Waals surface area contributed by atoms with Crippen LogP contribution in [0.1, 0.15) is 25.7 Å². The van der Waals surface area contributed by atoms with Gasteiger partial charge in [0.05, 0.1) is 17.1 Å². The topological polar surface area (TPSA) is 104 Å². The summed E-state index contributed by atoms with van der Waals surface area (Å²) < 4.78 is 14.5. The smallest absolute Gasteiger partial charge is 0.308 e. The van der Waals surface area contributed by atoms with Crippen LogP contribution in [0.3, 0.4) is 0 Å². The number of nitrogens with zero attached hydrogens (tertiary/aromatic N) is 3. The van der Waals surface area contributed by atoms with E-state index in [1.54, 1.807) is 12.3 Å². The second-order valence-corrected chi connectivity index (χ2v) is 8.29. The molecule has 29 heavy (non-hydrogen) atoms. The number of pyridine rings is 1. The molecule has 3 saturated carbocycles. The van der Waals surface area contributed by atoms with Crippen LogP contribution in [0.2, 0.25) is 5.02 Å². The van der Waals surface area contributed by atoms with Gasteiger partial charge in [-0.3, -0.25) is 4.79 Å². The zero-order valence-electron chi connectivity index (χ0n) is 15.4. The van der Waals surface area contributed by atoms with Gasteiger partial charge in [-0.1, -0.05) is 11.6 Å². The van der Waals surface area contributed by atoms with E-state index in [2.05, 4.69) is 25.3 Å². The number of aliphatic carboxylic acids is 1. The normalized spacial score (nSPS) is 26.0. The van der Waals surface area contributed by atoms with E-state index in [0.29, 0.717) is 22.1 Å². The fraction of sp³-hybridized carbons (Fsp3) is 0.400. The molecule has 1 unspecified atom stereocenters. The summed E-state index contributed by atoms with van der Waals surface area (Å²) in [5, 5.41) is 14.1. The number of nitrogens with one attached hydrogen (secondary N) is 2. The van der Waals surface area contributed by atoms with Crippen LogP contribution in [0, 0.1) is 23.6 Å².